The second kappa shape index (κ2) is 4.33. The van der Waals surface area contributed by atoms with Gasteiger partial charge in [-0.05, 0) is 7.05 Å². The van der Waals surface area contributed by atoms with Crippen molar-refractivity contribution in [2.24, 2.45) is 5.73 Å². The van der Waals surface area contributed by atoms with Crippen LogP contribution in [0.5, 0.6) is 0 Å². The fraction of sp³-hybridized carbons (Fsp3) is 0.400. The Kier molecular flexibility index (Phi) is 3.88. The molecule has 0 saturated carbocycles. The van der Waals surface area contributed by atoms with Gasteiger partial charge in [0, 0.05) is 6.92 Å². The van der Waals surface area contributed by atoms with E-state index in [1.165, 1.54) is 7.05 Å². The summed E-state index contributed by atoms with van der Waals surface area (Å²) in [6.07, 6.45) is 3.17. The summed E-state index contributed by atoms with van der Waals surface area (Å²) in [5.74, 6) is 0.718. The second-order valence-corrected chi connectivity index (χ2v) is 1.05. The Morgan fingerprint density at radius 1 is 1.62 bits per heavy atom. The molecule has 0 fully saturated rings. The zero-order valence-corrected chi connectivity index (χ0v) is 5.09. The Balaban J connectivity index is 0.000000222. The van der Waals surface area contributed by atoms with Gasteiger partial charge in [0.2, 0.25) is 0 Å². The van der Waals surface area contributed by atoms with Crippen LogP contribution < -0.4 is 5.73 Å². The Labute approximate surface area is 48.5 Å². The first-order valence-electron chi connectivity index (χ1n) is 2.33. The smallest absolute Gasteiger partial charge is 0.190 e. The van der Waals surface area contributed by atoms with Gasteiger partial charge >= 0.3 is 0 Å². The summed E-state index contributed by atoms with van der Waals surface area (Å²) < 4.78 is 4.72. The van der Waals surface area contributed by atoms with Gasteiger partial charge in [0.05, 0.1) is 6.20 Å². The average molecular weight is 114 g/mol. The van der Waals surface area contributed by atoms with Crippen LogP contribution in [0, 0.1) is 6.92 Å². The molecule has 1 aromatic rings. The van der Waals surface area contributed by atoms with Gasteiger partial charge in [-0.3, -0.25) is 0 Å². The minimum Gasteiger partial charge on any atom is -0.449 e. The molecule has 8 heavy (non-hydrogen) atoms. The number of aryl methyl sites for hydroxylation is 1. The molecule has 46 valence electrons. The average Bonchev–Trinajstić information content (AvgIpc) is 2.24. The first-order valence-corrected chi connectivity index (χ1v) is 2.33. The van der Waals surface area contributed by atoms with E-state index in [4.69, 9.17) is 4.42 Å². The lowest BCUT2D eigenvalue weighted by atomic mass is 10.8. The lowest BCUT2D eigenvalue weighted by Gasteiger charge is -1.67. The van der Waals surface area contributed by atoms with Gasteiger partial charge in [0.25, 0.3) is 0 Å². The molecular weight excluding hydrogens is 104 g/mol. The fourth-order valence-corrected chi connectivity index (χ4v) is 0.295. The molecule has 0 aromatic carbocycles. The molecule has 0 unspecified atom stereocenters. The van der Waals surface area contributed by atoms with Crippen LogP contribution in [-0.2, 0) is 0 Å². The molecule has 0 aliphatic heterocycles. The van der Waals surface area contributed by atoms with Gasteiger partial charge < -0.3 is 10.2 Å². The first-order chi connectivity index (χ1) is 3.89. The first kappa shape index (κ1) is 7.17. The molecule has 0 atom stereocenters. The van der Waals surface area contributed by atoms with Gasteiger partial charge in [-0.25, -0.2) is 4.98 Å². The van der Waals surface area contributed by atoms with E-state index in [-0.39, 0.29) is 0 Å². The maximum atomic E-state index is 4.72. The topological polar surface area (TPSA) is 52.0 Å². The quantitative estimate of drug-likeness (QED) is 0.536. The van der Waals surface area contributed by atoms with Crippen molar-refractivity contribution >= 4 is 0 Å². The van der Waals surface area contributed by atoms with Crippen LogP contribution in [0.2, 0.25) is 0 Å². The van der Waals surface area contributed by atoms with Crippen LogP contribution in [0.3, 0.4) is 0 Å². The molecule has 1 rings (SSSR count). The SMILES string of the molecule is CN.Cc1ncco1. The summed E-state index contributed by atoms with van der Waals surface area (Å²) in [5.41, 5.74) is 4.50. The number of rotatable bonds is 0. The van der Waals surface area contributed by atoms with E-state index < -0.39 is 0 Å². The summed E-state index contributed by atoms with van der Waals surface area (Å²) in [7, 11) is 1.50. The third-order valence-corrected chi connectivity index (χ3v) is 0.556. The van der Waals surface area contributed by atoms with Crippen LogP contribution in [0.1, 0.15) is 5.89 Å². The van der Waals surface area contributed by atoms with Gasteiger partial charge in [0.15, 0.2) is 5.89 Å². The van der Waals surface area contributed by atoms with Gasteiger partial charge in [-0.2, -0.15) is 0 Å². The van der Waals surface area contributed by atoms with E-state index in [1.807, 2.05) is 0 Å². The minimum absolute atomic E-state index is 0.718. The third-order valence-electron chi connectivity index (χ3n) is 0.556. The lowest BCUT2D eigenvalue weighted by Crippen LogP contribution is -1.69. The highest BCUT2D eigenvalue weighted by atomic mass is 16.3. The van der Waals surface area contributed by atoms with Crippen molar-refractivity contribution in [3.63, 3.8) is 0 Å². The van der Waals surface area contributed by atoms with E-state index in [0.29, 0.717) is 0 Å². The Morgan fingerprint density at radius 3 is 2.38 bits per heavy atom. The number of nitrogens with zero attached hydrogens (tertiary/aromatic N) is 1. The molecule has 0 spiro atoms. The van der Waals surface area contributed by atoms with E-state index in [0.717, 1.165) is 5.89 Å². The molecule has 1 heterocycles. The predicted octanol–water partition coefficient (Wildman–Crippen LogP) is 0.558. The lowest BCUT2D eigenvalue weighted by molar-refractivity contribution is 0.521. The summed E-state index contributed by atoms with van der Waals surface area (Å²) in [4.78, 5) is 3.75. The Morgan fingerprint density at radius 2 is 2.25 bits per heavy atom. The van der Waals surface area contributed by atoms with Gasteiger partial charge in [-0.15, -0.1) is 0 Å². The summed E-state index contributed by atoms with van der Waals surface area (Å²) >= 11 is 0. The highest BCUT2D eigenvalue weighted by Gasteiger charge is 1.77. The maximum Gasteiger partial charge on any atom is 0.190 e. The minimum atomic E-state index is 0.718. The molecule has 0 amide bonds. The Hall–Kier alpha value is -0.830. The second-order valence-electron chi connectivity index (χ2n) is 1.05. The van der Waals surface area contributed by atoms with E-state index in [2.05, 4.69) is 10.7 Å². The zero-order valence-electron chi connectivity index (χ0n) is 5.09. The molecule has 0 bridgehead atoms. The van der Waals surface area contributed by atoms with Crippen molar-refractivity contribution < 1.29 is 4.42 Å². The van der Waals surface area contributed by atoms with E-state index in [1.54, 1.807) is 19.4 Å². The maximum absolute atomic E-state index is 4.72. The molecule has 3 nitrogen and oxygen atoms in total. The third kappa shape index (κ3) is 2.36. The van der Waals surface area contributed by atoms with E-state index in [9.17, 15) is 0 Å². The number of oxazole rings is 1. The van der Waals surface area contributed by atoms with Crippen LogP contribution in [0.15, 0.2) is 16.9 Å². The van der Waals surface area contributed by atoms with Crippen molar-refractivity contribution in [2.75, 3.05) is 7.05 Å². The van der Waals surface area contributed by atoms with Gasteiger partial charge in [-0.1, -0.05) is 0 Å². The van der Waals surface area contributed by atoms with Crippen LogP contribution in [0.4, 0.5) is 0 Å². The summed E-state index contributed by atoms with van der Waals surface area (Å²) in [6.45, 7) is 1.81. The molecule has 2 N–H and O–H groups in total. The highest BCUT2D eigenvalue weighted by molar-refractivity contribution is 4.72. The molecule has 0 saturated heterocycles. The number of hydrogen-bond donors (Lipinski definition) is 1. The molecule has 3 heteroatoms. The van der Waals surface area contributed by atoms with Crippen molar-refractivity contribution in [1.29, 1.82) is 0 Å². The zero-order chi connectivity index (χ0) is 6.41. The number of aromatic nitrogens is 1. The van der Waals surface area contributed by atoms with Gasteiger partial charge in [0.1, 0.15) is 6.26 Å². The number of hydrogen-bond acceptors (Lipinski definition) is 3. The van der Waals surface area contributed by atoms with Crippen molar-refractivity contribution in [1.82, 2.24) is 4.98 Å². The van der Waals surface area contributed by atoms with E-state index >= 15 is 0 Å². The fourth-order valence-electron chi connectivity index (χ4n) is 0.295. The normalized spacial score (nSPS) is 7.38. The van der Waals surface area contributed by atoms with Crippen LogP contribution >= 0.6 is 0 Å². The predicted molar refractivity (Wildman–Crippen MR) is 31.4 cm³/mol. The molecular formula is C5H10N2O. The largest absolute Gasteiger partial charge is 0.449 e. The monoisotopic (exact) mass is 114 g/mol. The van der Waals surface area contributed by atoms with Crippen molar-refractivity contribution in [3.05, 3.63) is 18.4 Å². The molecule has 0 aliphatic carbocycles. The molecule has 0 aliphatic rings. The van der Waals surface area contributed by atoms with Crippen molar-refractivity contribution in [2.45, 2.75) is 6.92 Å². The highest BCUT2D eigenvalue weighted by Crippen LogP contribution is 1.86. The van der Waals surface area contributed by atoms with Crippen molar-refractivity contribution in [3.8, 4) is 0 Å². The van der Waals surface area contributed by atoms with Crippen LogP contribution in [0.25, 0.3) is 0 Å². The standard InChI is InChI=1S/C4H5NO.CH5N/c1-4-5-2-3-6-4;1-2/h2-3H,1H3;2H2,1H3. The summed E-state index contributed by atoms with van der Waals surface area (Å²) in [5, 5.41) is 0. The number of nitrogens with two attached hydrogens (primary N) is 1. The molecule has 1 aromatic heterocycles. The summed E-state index contributed by atoms with van der Waals surface area (Å²) in [6, 6.07) is 0. The Bertz CT molecular complexity index is 114. The van der Waals surface area contributed by atoms with Crippen LogP contribution in [-0.4, -0.2) is 12.0 Å². The molecule has 0 radical (unpaired) electrons.